The van der Waals surface area contributed by atoms with Crippen molar-refractivity contribution in [1.29, 1.82) is 0 Å². The number of benzene rings is 2. The van der Waals surface area contributed by atoms with Crippen molar-refractivity contribution in [3.05, 3.63) is 42.0 Å². The van der Waals surface area contributed by atoms with E-state index in [-0.39, 0.29) is 12.5 Å². The molecule has 0 radical (unpaired) electrons. The lowest BCUT2D eigenvalue weighted by atomic mass is 9.95. The minimum atomic E-state index is -0.425. The van der Waals surface area contributed by atoms with E-state index in [0.29, 0.717) is 34.5 Å². The molecule has 1 saturated carbocycles. The molecule has 0 spiro atoms. The second kappa shape index (κ2) is 11.3. The van der Waals surface area contributed by atoms with E-state index < -0.39 is 5.91 Å². The van der Waals surface area contributed by atoms with E-state index in [9.17, 15) is 9.59 Å². The van der Waals surface area contributed by atoms with Gasteiger partial charge in [-0.15, -0.1) is 0 Å². The number of amides is 2. The molecule has 2 aromatic carbocycles. The minimum Gasteiger partial charge on any atom is -0.493 e. The molecule has 0 atom stereocenters. The zero-order valence-corrected chi connectivity index (χ0v) is 18.8. The molecular weight excluding hydrogens is 410 g/mol. The van der Waals surface area contributed by atoms with Crippen LogP contribution in [0.4, 0.5) is 11.4 Å². The SMILES string of the molecule is COc1cc(C(=O)NCC(=O)Nc2ccc(NC3CCCCC3)cc2)cc(OC)c1OC. The molecule has 3 N–H and O–H groups in total. The van der Waals surface area contributed by atoms with Gasteiger partial charge in [-0.05, 0) is 49.2 Å². The van der Waals surface area contributed by atoms with Crippen molar-refractivity contribution in [3.63, 3.8) is 0 Å². The van der Waals surface area contributed by atoms with Crippen LogP contribution in [0.25, 0.3) is 0 Å². The van der Waals surface area contributed by atoms with Crippen molar-refractivity contribution in [2.24, 2.45) is 0 Å². The fourth-order valence-electron chi connectivity index (χ4n) is 3.81. The van der Waals surface area contributed by atoms with Crippen molar-refractivity contribution in [2.75, 3.05) is 38.5 Å². The van der Waals surface area contributed by atoms with Gasteiger partial charge in [-0.1, -0.05) is 19.3 Å². The zero-order valence-electron chi connectivity index (χ0n) is 18.8. The predicted octanol–water partition coefficient (Wildman–Crippen LogP) is 3.83. The number of nitrogens with one attached hydrogen (secondary N) is 3. The van der Waals surface area contributed by atoms with Gasteiger partial charge in [0, 0.05) is 23.0 Å². The number of ether oxygens (including phenoxy) is 3. The lowest BCUT2D eigenvalue weighted by Gasteiger charge is -2.23. The Morgan fingerprint density at radius 2 is 1.47 bits per heavy atom. The summed E-state index contributed by atoms with van der Waals surface area (Å²) in [5.74, 6) is 0.377. The standard InChI is InChI=1S/C24H31N3O5/c1-30-20-13-16(14-21(31-2)23(20)32-3)24(29)25-15-22(28)27-19-11-9-18(10-12-19)26-17-7-5-4-6-8-17/h9-14,17,26H,4-8,15H2,1-3H3,(H,25,29)(H,27,28). The Balaban J connectivity index is 1.52. The molecule has 8 heteroatoms. The topological polar surface area (TPSA) is 97.9 Å². The molecule has 0 bridgehead atoms. The van der Waals surface area contributed by atoms with E-state index in [2.05, 4.69) is 16.0 Å². The highest BCUT2D eigenvalue weighted by Crippen LogP contribution is 2.38. The smallest absolute Gasteiger partial charge is 0.251 e. The van der Waals surface area contributed by atoms with Crippen LogP contribution in [0.3, 0.4) is 0 Å². The molecular formula is C24H31N3O5. The minimum absolute atomic E-state index is 0.169. The second-order valence-electron chi connectivity index (χ2n) is 7.70. The molecule has 3 rings (SSSR count). The van der Waals surface area contributed by atoms with Crippen LogP contribution in [-0.2, 0) is 4.79 Å². The Kier molecular flexibility index (Phi) is 8.19. The number of hydrogen-bond acceptors (Lipinski definition) is 6. The summed E-state index contributed by atoms with van der Waals surface area (Å²) in [7, 11) is 4.44. The summed E-state index contributed by atoms with van der Waals surface area (Å²) < 4.78 is 15.8. The summed E-state index contributed by atoms with van der Waals surface area (Å²) in [5.41, 5.74) is 2.02. The molecule has 0 aromatic heterocycles. The van der Waals surface area contributed by atoms with E-state index in [1.165, 1.54) is 65.6 Å². The first kappa shape index (κ1) is 23.2. The molecule has 32 heavy (non-hydrogen) atoms. The van der Waals surface area contributed by atoms with Crippen molar-refractivity contribution in [1.82, 2.24) is 5.32 Å². The Morgan fingerprint density at radius 1 is 0.875 bits per heavy atom. The predicted molar refractivity (Wildman–Crippen MR) is 124 cm³/mol. The number of anilines is 2. The summed E-state index contributed by atoms with van der Waals surface area (Å²) in [4.78, 5) is 24.8. The fraction of sp³-hybridized carbons (Fsp3) is 0.417. The number of hydrogen-bond donors (Lipinski definition) is 3. The summed E-state index contributed by atoms with van der Waals surface area (Å²) >= 11 is 0. The number of rotatable bonds is 9. The largest absolute Gasteiger partial charge is 0.493 e. The molecule has 0 heterocycles. The molecule has 0 saturated heterocycles. The first-order valence-corrected chi connectivity index (χ1v) is 10.8. The third-order valence-electron chi connectivity index (χ3n) is 5.48. The Labute approximate surface area is 188 Å². The van der Waals surface area contributed by atoms with Gasteiger partial charge in [0.25, 0.3) is 5.91 Å². The fourth-order valence-corrected chi connectivity index (χ4v) is 3.81. The highest BCUT2D eigenvalue weighted by atomic mass is 16.5. The van der Waals surface area contributed by atoms with Crippen LogP contribution in [0.5, 0.6) is 17.2 Å². The van der Waals surface area contributed by atoms with E-state index in [1.807, 2.05) is 24.3 Å². The van der Waals surface area contributed by atoms with Crippen LogP contribution >= 0.6 is 0 Å². The lowest BCUT2D eigenvalue weighted by Crippen LogP contribution is -2.32. The van der Waals surface area contributed by atoms with Crippen molar-refractivity contribution in [2.45, 2.75) is 38.1 Å². The van der Waals surface area contributed by atoms with Gasteiger partial charge in [0.05, 0.1) is 27.9 Å². The zero-order chi connectivity index (χ0) is 22.9. The second-order valence-corrected chi connectivity index (χ2v) is 7.70. The first-order chi connectivity index (χ1) is 15.5. The highest BCUT2D eigenvalue weighted by Gasteiger charge is 2.17. The van der Waals surface area contributed by atoms with Crippen molar-refractivity contribution < 1.29 is 23.8 Å². The van der Waals surface area contributed by atoms with Gasteiger partial charge in [-0.2, -0.15) is 0 Å². The van der Waals surface area contributed by atoms with E-state index in [4.69, 9.17) is 14.2 Å². The average molecular weight is 442 g/mol. The van der Waals surface area contributed by atoms with E-state index in [0.717, 1.165) is 5.69 Å². The number of methoxy groups -OCH3 is 3. The van der Waals surface area contributed by atoms with Crippen LogP contribution in [0, 0.1) is 0 Å². The Bertz CT molecular complexity index is 899. The number of carbonyl (C=O) groups is 2. The molecule has 0 unspecified atom stereocenters. The third-order valence-corrected chi connectivity index (χ3v) is 5.48. The summed E-state index contributed by atoms with van der Waals surface area (Å²) in [6, 6.07) is 11.2. The Hall–Kier alpha value is -3.42. The van der Waals surface area contributed by atoms with Gasteiger partial charge >= 0.3 is 0 Å². The third kappa shape index (κ3) is 6.06. The van der Waals surface area contributed by atoms with Crippen molar-refractivity contribution >= 4 is 23.2 Å². The summed E-state index contributed by atoms with van der Waals surface area (Å²) in [6.45, 7) is -0.169. The first-order valence-electron chi connectivity index (χ1n) is 10.8. The van der Waals surface area contributed by atoms with Crippen LogP contribution < -0.4 is 30.2 Å². The van der Waals surface area contributed by atoms with Gasteiger partial charge in [0.15, 0.2) is 11.5 Å². The van der Waals surface area contributed by atoms with Crippen molar-refractivity contribution in [3.8, 4) is 17.2 Å². The van der Waals surface area contributed by atoms with Crippen LogP contribution in [0.2, 0.25) is 0 Å². The highest BCUT2D eigenvalue weighted by molar-refractivity contribution is 6.00. The lowest BCUT2D eigenvalue weighted by molar-refractivity contribution is -0.115. The molecule has 1 aliphatic rings. The van der Waals surface area contributed by atoms with E-state index in [1.54, 1.807) is 0 Å². The Morgan fingerprint density at radius 3 is 2.03 bits per heavy atom. The van der Waals surface area contributed by atoms with Gasteiger partial charge in [-0.25, -0.2) is 0 Å². The van der Waals surface area contributed by atoms with E-state index >= 15 is 0 Å². The maximum atomic E-state index is 12.5. The quantitative estimate of drug-likeness (QED) is 0.547. The molecule has 8 nitrogen and oxygen atoms in total. The maximum absolute atomic E-state index is 12.5. The van der Waals surface area contributed by atoms with Crippen LogP contribution in [0.1, 0.15) is 42.5 Å². The molecule has 0 aliphatic heterocycles. The van der Waals surface area contributed by atoms with Gasteiger partial charge in [0.2, 0.25) is 11.7 Å². The monoisotopic (exact) mass is 441 g/mol. The van der Waals surface area contributed by atoms with Gasteiger partial charge < -0.3 is 30.2 Å². The summed E-state index contributed by atoms with van der Waals surface area (Å²) in [5, 5.41) is 8.95. The molecule has 172 valence electrons. The molecule has 2 amide bonds. The normalized spacial score (nSPS) is 13.7. The number of carbonyl (C=O) groups excluding carboxylic acids is 2. The van der Waals surface area contributed by atoms with Gasteiger partial charge in [-0.3, -0.25) is 9.59 Å². The van der Waals surface area contributed by atoms with Crippen LogP contribution in [0.15, 0.2) is 36.4 Å². The molecule has 1 fully saturated rings. The van der Waals surface area contributed by atoms with Gasteiger partial charge in [0.1, 0.15) is 0 Å². The molecule has 2 aromatic rings. The maximum Gasteiger partial charge on any atom is 0.251 e. The average Bonchev–Trinajstić information content (AvgIpc) is 2.83. The van der Waals surface area contributed by atoms with Crippen LogP contribution in [-0.4, -0.2) is 45.7 Å². The summed E-state index contributed by atoms with van der Waals surface area (Å²) in [6.07, 6.45) is 6.26. The molecule has 1 aliphatic carbocycles.